The fourth-order valence-corrected chi connectivity index (χ4v) is 3.53. The predicted molar refractivity (Wildman–Crippen MR) is 95.1 cm³/mol. The number of rotatable bonds is 3. The first kappa shape index (κ1) is 14.7. The van der Waals surface area contributed by atoms with Crippen molar-refractivity contribution in [1.82, 2.24) is 4.57 Å². The van der Waals surface area contributed by atoms with Crippen molar-refractivity contribution in [1.29, 1.82) is 5.26 Å². The number of hydrogen-bond acceptors (Lipinski definition) is 2. The molecule has 4 rings (SSSR count). The molecule has 3 heteroatoms. The average molecular weight is 314 g/mol. The van der Waals surface area contributed by atoms with Crippen LogP contribution in [0.5, 0.6) is 0 Å². The summed E-state index contributed by atoms with van der Waals surface area (Å²) in [5.74, 6) is 0. The van der Waals surface area contributed by atoms with Gasteiger partial charge in [-0.1, -0.05) is 42.0 Å². The number of aromatic nitrogens is 1. The lowest BCUT2D eigenvalue weighted by Gasteiger charge is -2.30. The van der Waals surface area contributed by atoms with Crippen LogP contribution in [0.1, 0.15) is 46.8 Å². The highest BCUT2D eigenvalue weighted by Gasteiger charge is 2.27. The van der Waals surface area contributed by atoms with Crippen LogP contribution < -0.4 is 0 Å². The maximum Gasteiger partial charge on any atom is 0.150 e. The van der Waals surface area contributed by atoms with E-state index < -0.39 is 0 Å². The van der Waals surface area contributed by atoms with E-state index in [0.717, 1.165) is 41.3 Å². The van der Waals surface area contributed by atoms with E-state index in [1.54, 1.807) is 6.07 Å². The second-order valence-electron chi connectivity index (χ2n) is 6.55. The van der Waals surface area contributed by atoms with Gasteiger partial charge in [0.2, 0.25) is 0 Å². The summed E-state index contributed by atoms with van der Waals surface area (Å²) in [6.45, 7) is 2.06. The molecular weight excluding hydrogens is 296 g/mol. The zero-order valence-electron chi connectivity index (χ0n) is 13.6. The van der Waals surface area contributed by atoms with E-state index in [4.69, 9.17) is 0 Å². The third-order valence-electron chi connectivity index (χ3n) is 5.04. The Morgan fingerprint density at radius 1 is 1.17 bits per heavy atom. The van der Waals surface area contributed by atoms with Gasteiger partial charge >= 0.3 is 0 Å². The van der Waals surface area contributed by atoms with Gasteiger partial charge < -0.3 is 4.57 Å². The molecule has 0 saturated heterocycles. The van der Waals surface area contributed by atoms with E-state index in [2.05, 4.69) is 41.8 Å². The molecule has 3 aromatic rings. The molecule has 0 radical (unpaired) electrons. The number of aryl methyl sites for hydroxylation is 1. The maximum absolute atomic E-state index is 11.2. The molecule has 0 unspecified atom stereocenters. The molecule has 3 nitrogen and oxygen atoms in total. The van der Waals surface area contributed by atoms with Gasteiger partial charge in [-0.2, -0.15) is 5.26 Å². The zero-order chi connectivity index (χ0) is 16.7. The Bertz CT molecular complexity index is 970. The van der Waals surface area contributed by atoms with Crippen LogP contribution in [-0.2, 0) is 0 Å². The van der Waals surface area contributed by atoms with Crippen LogP contribution in [0.4, 0.5) is 0 Å². The summed E-state index contributed by atoms with van der Waals surface area (Å²) in [4.78, 5) is 11.2. The van der Waals surface area contributed by atoms with Crippen molar-refractivity contribution in [3.05, 3.63) is 59.2 Å². The first-order chi connectivity index (χ1) is 11.7. The normalized spacial score (nSPS) is 14.3. The molecule has 1 fully saturated rings. The highest BCUT2D eigenvalue weighted by Crippen LogP contribution is 2.42. The third kappa shape index (κ3) is 2.15. The minimum absolute atomic E-state index is 0.410. The molecule has 1 aromatic heterocycles. The van der Waals surface area contributed by atoms with Gasteiger partial charge in [0.1, 0.15) is 12.4 Å². The summed E-state index contributed by atoms with van der Waals surface area (Å²) in [5, 5.41) is 10.7. The van der Waals surface area contributed by atoms with Crippen molar-refractivity contribution < 1.29 is 4.79 Å². The number of carbonyl (C=O) groups excluding carboxylic acids is 1. The van der Waals surface area contributed by atoms with Gasteiger partial charge in [0.15, 0.2) is 0 Å². The van der Waals surface area contributed by atoms with Crippen LogP contribution in [0.2, 0.25) is 0 Å². The summed E-state index contributed by atoms with van der Waals surface area (Å²) >= 11 is 0. The number of hydrogen-bond donors (Lipinski definition) is 0. The SMILES string of the molecule is Cc1ccc(-c2c(C#N)c3ccc(C=O)cc3n2C2CCC2)cc1. The van der Waals surface area contributed by atoms with E-state index in [1.165, 1.54) is 12.0 Å². The predicted octanol–water partition coefficient (Wildman–Crippen LogP) is 5.03. The Morgan fingerprint density at radius 2 is 1.92 bits per heavy atom. The van der Waals surface area contributed by atoms with E-state index in [0.29, 0.717) is 17.2 Å². The summed E-state index contributed by atoms with van der Waals surface area (Å²) in [7, 11) is 0. The maximum atomic E-state index is 11.2. The second kappa shape index (κ2) is 5.65. The van der Waals surface area contributed by atoms with Gasteiger partial charge in [0.05, 0.1) is 16.8 Å². The minimum Gasteiger partial charge on any atom is -0.336 e. The highest BCUT2D eigenvalue weighted by molar-refractivity contribution is 5.97. The smallest absolute Gasteiger partial charge is 0.150 e. The Morgan fingerprint density at radius 3 is 2.50 bits per heavy atom. The van der Waals surface area contributed by atoms with Crippen molar-refractivity contribution in [3.8, 4) is 17.3 Å². The largest absolute Gasteiger partial charge is 0.336 e. The summed E-state index contributed by atoms with van der Waals surface area (Å²) < 4.78 is 2.29. The molecule has 24 heavy (non-hydrogen) atoms. The Labute approximate surface area is 141 Å². The van der Waals surface area contributed by atoms with Crippen LogP contribution in [0, 0.1) is 18.3 Å². The monoisotopic (exact) mass is 314 g/mol. The van der Waals surface area contributed by atoms with Crippen molar-refractivity contribution in [2.45, 2.75) is 32.2 Å². The Kier molecular flexibility index (Phi) is 3.46. The van der Waals surface area contributed by atoms with Gasteiger partial charge in [0, 0.05) is 17.0 Å². The van der Waals surface area contributed by atoms with Crippen LogP contribution in [0.3, 0.4) is 0 Å². The van der Waals surface area contributed by atoms with Gasteiger partial charge in [-0.25, -0.2) is 0 Å². The highest BCUT2D eigenvalue weighted by atomic mass is 16.1. The number of carbonyl (C=O) groups is 1. The minimum atomic E-state index is 0.410. The number of aldehydes is 1. The fourth-order valence-electron chi connectivity index (χ4n) is 3.53. The zero-order valence-corrected chi connectivity index (χ0v) is 13.6. The lowest BCUT2D eigenvalue weighted by Crippen LogP contribution is -2.17. The number of benzene rings is 2. The summed E-state index contributed by atoms with van der Waals surface area (Å²) in [6, 6.07) is 16.8. The van der Waals surface area contributed by atoms with Gasteiger partial charge in [0.25, 0.3) is 0 Å². The first-order valence-corrected chi connectivity index (χ1v) is 8.33. The molecule has 1 aliphatic carbocycles. The standard InChI is InChI=1S/C21H18N2O/c1-14-5-8-16(9-6-14)21-19(12-22)18-10-7-15(13-24)11-20(18)23(21)17-3-2-4-17/h5-11,13,17H,2-4H2,1H3. The van der Waals surface area contributed by atoms with E-state index >= 15 is 0 Å². The molecule has 1 saturated carbocycles. The van der Waals surface area contributed by atoms with Crippen molar-refractivity contribution in [3.63, 3.8) is 0 Å². The molecule has 2 aromatic carbocycles. The molecule has 118 valence electrons. The van der Waals surface area contributed by atoms with Crippen molar-refractivity contribution in [2.75, 3.05) is 0 Å². The van der Waals surface area contributed by atoms with Gasteiger partial charge in [-0.15, -0.1) is 0 Å². The quantitative estimate of drug-likeness (QED) is 0.637. The lowest BCUT2D eigenvalue weighted by molar-refractivity contribution is 0.112. The van der Waals surface area contributed by atoms with Crippen LogP contribution >= 0.6 is 0 Å². The Balaban J connectivity index is 2.08. The van der Waals surface area contributed by atoms with E-state index in [-0.39, 0.29) is 0 Å². The second-order valence-corrected chi connectivity index (χ2v) is 6.55. The summed E-state index contributed by atoms with van der Waals surface area (Å²) in [5.41, 5.74) is 5.61. The van der Waals surface area contributed by atoms with Crippen LogP contribution in [-0.4, -0.2) is 10.9 Å². The third-order valence-corrected chi connectivity index (χ3v) is 5.04. The van der Waals surface area contributed by atoms with E-state index in [1.807, 2.05) is 12.1 Å². The molecule has 0 amide bonds. The molecule has 0 atom stereocenters. The van der Waals surface area contributed by atoms with Crippen molar-refractivity contribution >= 4 is 17.2 Å². The Hall–Kier alpha value is -2.86. The molecular formula is C21H18N2O. The average Bonchev–Trinajstić information content (AvgIpc) is 2.87. The molecule has 0 bridgehead atoms. The number of nitriles is 1. The molecule has 0 aliphatic heterocycles. The fraction of sp³-hybridized carbons (Fsp3) is 0.238. The molecule has 0 spiro atoms. The first-order valence-electron chi connectivity index (χ1n) is 8.33. The van der Waals surface area contributed by atoms with E-state index in [9.17, 15) is 10.1 Å². The summed E-state index contributed by atoms with van der Waals surface area (Å²) in [6.07, 6.45) is 4.33. The van der Waals surface area contributed by atoms with Crippen LogP contribution in [0.25, 0.3) is 22.2 Å². The van der Waals surface area contributed by atoms with Crippen molar-refractivity contribution in [2.24, 2.45) is 0 Å². The van der Waals surface area contributed by atoms with Gasteiger partial charge in [-0.05, 0) is 37.8 Å². The number of fused-ring (bicyclic) bond motifs is 1. The van der Waals surface area contributed by atoms with Gasteiger partial charge in [-0.3, -0.25) is 4.79 Å². The van der Waals surface area contributed by atoms with Crippen LogP contribution in [0.15, 0.2) is 42.5 Å². The lowest BCUT2D eigenvalue weighted by atomic mass is 9.92. The topological polar surface area (TPSA) is 45.8 Å². The number of nitrogens with zero attached hydrogens (tertiary/aromatic N) is 2. The molecule has 1 aliphatic rings. The molecule has 1 heterocycles. The molecule has 0 N–H and O–H groups in total.